The van der Waals surface area contributed by atoms with Gasteiger partial charge in [0.2, 0.25) is 0 Å². The van der Waals surface area contributed by atoms with Crippen LogP contribution in [0.15, 0.2) is 18.2 Å². The molecule has 2 aliphatic carbocycles. The van der Waals surface area contributed by atoms with Crippen molar-refractivity contribution < 1.29 is 4.74 Å². The van der Waals surface area contributed by atoms with Gasteiger partial charge in [-0.05, 0) is 87.9 Å². The monoisotopic (exact) mass is 316 g/mol. The van der Waals surface area contributed by atoms with Crippen molar-refractivity contribution >= 4 is 5.69 Å². The first-order valence-electron chi connectivity index (χ1n) is 9.42. The molecule has 1 aromatic rings. The molecule has 0 saturated heterocycles. The van der Waals surface area contributed by atoms with E-state index in [4.69, 9.17) is 10.5 Å². The molecule has 0 amide bonds. The third-order valence-corrected chi connectivity index (χ3v) is 5.92. The van der Waals surface area contributed by atoms with Crippen molar-refractivity contribution in [3.8, 4) is 5.75 Å². The average molecular weight is 316 g/mol. The summed E-state index contributed by atoms with van der Waals surface area (Å²) in [6.45, 7) is 6.13. The molecule has 2 bridgehead atoms. The summed E-state index contributed by atoms with van der Waals surface area (Å²) in [6, 6.07) is 6.88. The van der Waals surface area contributed by atoms with Gasteiger partial charge in [0.1, 0.15) is 5.75 Å². The second-order valence-corrected chi connectivity index (χ2v) is 7.49. The number of hydrogen-bond donors (Lipinski definition) is 2. The Morgan fingerprint density at radius 1 is 1.30 bits per heavy atom. The predicted octanol–water partition coefficient (Wildman–Crippen LogP) is 4.01. The van der Waals surface area contributed by atoms with Gasteiger partial charge in [0.05, 0.1) is 12.3 Å². The highest BCUT2D eigenvalue weighted by Crippen LogP contribution is 2.49. The highest BCUT2D eigenvalue weighted by atomic mass is 16.5. The van der Waals surface area contributed by atoms with Crippen molar-refractivity contribution in [2.24, 2.45) is 17.8 Å². The predicted molar refractivity (Wildman–Crippen MR) is 96.7 cm³/mol. The quantitative estimate of drug-likeness (QED) is 0.562. The van der Waals surface area contributed by atoms with Gasteiger partial charge < -0.3 is 15.8 Å². The van der Waals surface area contributed by atoms with Crippen LogP contribution in [-0.2, 0) is 6.42 Å². The lowest BCUT2D eigenvalue weighted by Gasteiger charge is -2.28. The van der Waals surface area contributed by atoms with Gasteiger partial charge in [-0.3, -0.25) is 0 Å². The fraction of sp³-hybridized carbons (Fsp3) is 0.700. The van der Waals surface area contributed by atoms with E-state index in [1.807, 2.05) is 13.0 Å². The van der Waals surface area contributed by atoms with E-state index in [9.17, 15) is 0 Å². The Labute approximate surface area is 141 Å². The second-order valence-electron chi connectivity index (χ2n) is 7.49. The normalized spacial score (nSPS) is 27.3. The summed E-state index contributed by atoms with van der Waals surface area (Å²) in [7, 11) is 0. The maximum absolute atomic E-state index is 6.04. The minimum absolute atomic E-state index is 0.661. The molecule has 1 aromatic carbocycles. The van der Waals surface area contributed by atoms with Gasteiger partial charge in [-0.25, -0.2) is 0 Å². The summed E-state index contributed by atoms with van der Waals surface area (Å²) < 4.78 is 5.49. The molecule has 0 heterocycles. The first-order chi connectivity index (χ1) is 11.2. The Morgan fingerprint density at radius 2 is 2.17 bits per heavy atom. The summed E-state index contributed by atoms with van der Waals surface area (Å²) >= 11 is 0. The van der Waals surface area contributed by atoms with Crippen LogP contribution in [0.5, 0.6) is 5.75 Å². The first-order valence-corrected chi connectivity index (χ1v) is 9.42. The lowest BCUT2D eigenvalue weighted by molar-refractivity contribution is 0.260. The van der Waals surface area contributed by atoms with E-state index in [0.29, 0.717) is 12.6 Å². The van der Waals surface area contributed by atoms with Crippen molar-refractivity contribution in [2.45, 2.75) is 58.4 Å². The van der Waals surface area contributed by atoms with Crippen LogP contribution in [-0.4, -0.2) is 19.2 Å². The minimum atomic E-state index is 0.661. The Morgan fingerprint density at radius 3 is 2.83 bits per heavy atom. The van der Waals surface area contributed by atoms with Gasteiger partial charge >= 0.3 is 0 Å². The van der Waals surface area contributed by atoms with Gasteiger partial charge in [0.15, 0.2) is 0 Å². The largest absolute Gasteiger partial charge is 0.492 e. The van der Waals surface area contributed by atoms with Gasteiger partial charge in [-0.2, -0.15) is 0 Å². The third kappa shape index (κ3) is 4.00. The maximum Gasteiger partial charge on any atom is 0.142 e. The minimum Gasteiger partial charge on any atom is -0.492 e. The Balaban J connectivity index is 1.39. The van der Waals surface area contributed by atoms with Crippen molar-refractivity contribution in [3.63, 3.8) is 0 Å². The standard InChI is InChI=1S/C20H32N2O/c1-3-23-20-9-7-15(13-19(20)21)5-4-10-22-14(2)18-12-16-6-8-17(18)11-16/h7,9,13-14,16-18,22H,3-6,8,10-12,21H2,1-2H3. The molecule has 3 rings (SSSR count). The Bertz CT molecular complexity index is 516. The average Bonchev–Trinajstić information content (AvgIpc) is 3.17. The van der Waals surface area contributed by atoms with Gasteiger partial charge in [-0.15, -0.1) is 0 Å². The molecule has 2 saturated carbocycles. The summed E-state index contributed by atoms with van der Waals surface area (Å²) in [5, 5.41) is 3.77. The van der Waals surface area contributed by atoms with E-state index < -0.39 is 0 Å². The number of nitrogens with two attached hydrogens (primary N) is 1. The van der Waals surface area contributed by atoms with Crippen LogP contribution in [0.4, 0.5) is 5.69 Å². The smallest absolute Gasteiger partial charge is 0.142 e. The topological polar surface area (TPSA) is 47.3 Å². The summed E-state index contributed by atoms with van der Waals surface area (Å²) in [5.41, 5.74) is 8.10. The number of hydrogen-bond acceptors (Lipinski definition) is 3. The highest BCUT2D eigenvalue weighted by molar-refractivity contribution is 5.54. The Kier molecular flexibility index (Phi) is 5.47. The van der Waals surface area contributed by atoms with Gasteiger partial charge in [-0.1, -0.05) is 12.5 Å². The SMILES string of the molecule is CCOc1ccc(CCCNC(C)C2CC3CCC2C3)cc1N. The van der Waals surface area contributed by atoms with Crippen molar-refractivity contribution in [1.29, 1.82) is 0 Å². The molecule has 0 spiro atoms. The van der Waals surface area contributed by atoms with Crippen LogP contribution < -0.4 is 15.8 Å². The number of nitrogen functional groups attached to an aromatic ring is 1. The van der Waals surface area contributed by atoms with Gasteiger partial charge in [0.25, 0.3) is 0 Å². The molecule has 4 atom stereocenters. The van der Waals surface area contributed by atoms with E-state index in [1.54, 1.807) is 0 Å². The van der Waals surface area contributed by atoms with Crippen LogP contribution in [0.2, 0.25) is 0 Å². The molecular formula is C20H32N2O. The molecule has 3 heteroatoms. The van der Waals surface area contributed by atoms with E-state index in [0.717, 1.165) is 42.2 Å². The highest BCUT2D eigenvalue weighted by Gasteiger charge is 2.41. The molecule has 3 N–H and O–H groups in total. The lowest BCUT2D eigenvalue weighted by atomic mass is 9.84. The zero-order valence-corrected chi connectivity index (χ0v) is 14.7. The van der Waals surface area contributed by atoms with Crippen LogP contribution in [0.3, 0.4) is 0 Å². The molecule has 2 fully saturated rings. The molecule has 4 unspecified atom stereocenters. The molecule has 2 aliphatic rings. The maximum atomic E-state index is 6.04. The van der Waals surface area contributed by atoms with E-state index in [2.05, 4.69) is 24.4 Å². The second kappa shape index (κ2) is 7.57. The van der Waals surface area contributed by atoms with E-state index in [1.165, 1.54) is 37.7 Å². The number of benzene rings is 1. The number of ether oxygens (including phenoxy) is 1. The van der Waals surface area contributed by atoms with Crippen molar-refractivity contribution in [3.05, 3.63) is 23.8 Å². The molecular weight excluding hydrogens is 284 g/mol. The number of anilines is 1. The van der Waals surface area contributed by atoms with Crippen LogP contribution in [0.1, 0.15) is 51.5 Å². The zero-order valence-electron chi connectivity index (χ0n) is 14.7. The van der Waals surface area contributed by atoms with Crippen molar-refractivity contribution in [2.75, 3.05) is 18.9 Å². The number of aryl methyl sites for hydroxylation is 1. The summed E-state index contributed by atoms with van der Waals surface area (Å²) in [5.74, 6) is 3.78. The van der Waals surface area contributed by atoms with Crippen LogP contribution in [0.25, 0.3) is 0 Å². The molecule has 0 radical (unpaired) electrons. The van der Waals surface area contributed by atoms with Crippen LogP contribution in [0, 0.1) is 17.8 Å². The van der Waals surface area contributed by atoms with E-state index in [-0.39, 0.29) is 0 Å². The van der Waals surface area contributed by atoms with Crippen LogP contribution >= 0.6 is 0 Å². The number of rotatable bonds is 8. The third-order valence-electron chi connectivity index (χ3n) is 5.92. The molecule has 0 aliphatic heterocycles. The fourth-order valence-corrected chi connectivity index (χ4v) is 4.72. The number of nitrogens with one attached hydrogen (secondary N) is 1. The summed E-state index contributed by atoms with van der Waals surface area (Å²) in [4.78, 5) is 0. The molecule has 3 nitrogen and oxygen atoms in total. The van der Waals surface area contributed by atoms with E-state index >= 15 is 0 Å². The molecule has 23 heavy (non-hydrogen) atoms. The fourth-order valence-electron chi connectivity index (χ4n) is 4.72. The van der Waals surface area contributed by atoms with Crippen molar-refractivity contribution in [1.82, 2.24) is 5.32 Å². The Hall–Kier alpha value is -1.22. The molecule has 0 aromatic heterocycles. The zero-order chi connectivity index (χ0) is 16.2. The lowest BCUT2D eigenvalue weighted by Crippen LogP contribution is -2.36. The molecule has 128 valence electrons. The first kappa shape index (κ1) is 16.6. The van der Waals surface area contributed by atoms with Gasteiger partial charge in [0, 0.05) is 6.04 Å². The summed E-state index contributed by atoms with van der Waals surface area (Å²) in [6.07, 6.45) is 8.18. The number of fused-ring (bicyclic) bond motifs is 2.